The Hall–Kier alpha value is -2.96. The van der Waals surface area contributed by atoms with Crippen molar-refractivity contribution in [1.82, 2.24) is 20.5 Å². The molecule has 7 heteroatoms. The van der Waals surface area contributed by atoms with Gasteiger partial charge in [0.25, 0.3) is 5.91 Å². The molecule has 0 radical (unpaired) electrons. The highest BCUT2D eigenvalue weighted by atomic mass is 19.1. The first-order chi connectivity index (χ1) is 10.6. The summed E-state index contributed by atoms with van der Waals surface area (Å²) in [6.45, 7) is 1.92. The number of carbonyl (C=O) groups is 1. The molecule has 2 N–H and O–H groups in total. The van der Waals surface area contributed by atoms with Gasteiger partial charge in [-0.25, -0.2) is 9.37 Å². The van der Waals surface area contributed by atoms with E-state index in [4.69, 9.17) is 4.42 Å². The molecule has 3 rings (SSSR count). The molecule has 0 aliphatic carbocycles. The molecule has 1 aromatic carbocycles. The largest absolute Gasteiger partial charge is 0.469 e. The highest BCUT2D eigenvalue weighted by Crippen LogP contribution is 2.15. The van der Waals surface area contributed by atoms with Crippen LogP contribution < -0.4 is 5.32 Å². The molecule has 0 unspecified atom stereocenters. The van der Waals surface area contributed by atoms with Crippen molar-refractivity contribution in [2.75, 3.05) is 0 Å². The van der Waals surface area contributed by atoms with Gasteiger partial charge in [-0.2, -0.15) is 5.10 Å². The van der Waals surface area contributed by atoms with Crippen molar-refractivity contribution >= 4 is 5.91 Å². The molecule has 22 heavy (non-hydrogen) atoms. The summed E-state index contributed by atoms with van der Waals surface area (Å²) in [4.78, 5) is 16.2. The van der Waals surface area contributed by atoms with Gasteiger partial charge in [0, 0.05) is 5.56 Å². The number of carbonyl (C=O) groups excluding carboxylic acids is 1. The molecule has 3 aromatic rings. The number of rotatable bonds is 4. The second-order valence-electron chi connectivity index (χ2n) is 4.69. The lowest BCUT2D eigenvalue weighted by molar-refractivity contribution is 0.0948. The van der Waals surface area contributed by atoms with Gasteiger partial charge in [0.2, 0.25) is 0 Å². The van der Waals surface area contributed by atoms with Crippen LogP contribution in [0.2, 0.25) is 0 Å². The van der Waals surface area contributed by atoms with Crippen LogP contribution in [0.4, 0.5) is 4.39 Å². The molecule has 0 bridgehead atoms. The summed E-state index contributed by atoms with van der Waals surface area (Å²) in [6.07, 6.45) is 1.46. The molecule has 1 amide bonds. The number of furan rings is 1. The van der Waals surface area contributed by atoms with Crippen LogP contribution in [-0.2, 0) is 6.54 Å². The van der Waals surface area contributed by atoms with Crippen LogP contribution in [0.25, 0.3) is 11.4 Å². The van der Waals surface area contributed by atoms with E-state index in [9.17, 15) is 9.18 Å². The van der Waals surface area contributed by atoms with Gasteiger partial charge < -0.3 is 9.73 Å². The van der Waals surface area contributed by atoms with E-state index in [-0.39, 0.29) is 18.3 Å². The van der Waals surface area contributed by atoms with Crippen LogP contribution in [-0.4, -0.2) is 21.1 Å². The fraction of sp³-hybridized carbons (Fsp3) is 0.133. The standard InChI is InChI=1S/C15H13FN4O2/c1-9-12(6-7-22-9)15(21)17-8-13-18-14(20-19-13)10-2-4-11(16)5-3-10/h2-7H,8H2,1H3,(H,17,21)(H,18,19,20). The van der Waals surface area contributed by atoms with Crippen molar-refractivity contribution in [3.8, 4) is 11.4 Å². The first-order valence-corrected chi connectivity index (χ1v) is 6.63. The Labute approximate surface area is 125 Å². The normalized spacial score (nSPS) is 10.6. The molecule has 0 saturated carbocycles. The summed E-state index contributed by atoms with van der Waals surface area (Å²) in [5.41, 5.74) is 1.18. The summed E-state index contributed by atoms with van der Waals surface area (Å²) >= 11 is 0. The number of aromatic amines is 1. The van der Waals surface area contributed by atoms with Crippen molar-refractivity contribution in [1.29, 1.82) is 0 Å². The number of benzene rings is 1. The van der Waals surface area contributed by atoms with Crippen LogP contribution in [0.3, 0.4) is 0 Å². The Morgan fingerprint density at radius 2 is 2.09 bits per heavy atom. The minimum Gasteiger partial charge on any atom is -0.469 e. The zero-order valence-corrected chi connectivity index (χ0v) is 11.8. The number of amides is 1. The van der Waals surface area contributed by atoms with Gasteiger partial charge >= 0.3 is 0 Å². The number of H-pyrrole nitrogens is 1. The summed E-state index contributed by atoms with van der Waals surface area (Å²) in [5, 5.41) is 9.51. The van der Waals surface area contributed by atoms with Crippen LogP contribution >= 0.6 is 0 Å². The SMILES string of the molecule is Cc1occc1C(=O)NCc1nc(-c2ccc(F)cc2)n[nH]1. The third-order valence-corrected chi connectivity index (χ3v) is 3.15. The van der Waals surface area contributed by atoms with E-state index in [0.717, 1.165) is 0 Å². The zero-order valence-electron chi connectivity index (χ0n) is 11.8. The number of aryl methyl sites for hydroxylation is 1. The van der Waals surface area contributed by atoms with E-state index in [1.54, 1.807) is 25.1 Å². The van der Waals surface area contributed by atoms with Gasteiger partial charge in [-0.15, -0.1) is 0 Å². The maximum absolute atomic E-state index is 12.9. The Balaban J connectivity index is 1.66. The third kappa shape index (κ3) is 2.88. The Bertz CT molecular complexity index is 792. The predicted molar refractivity (Wildman–Crippen MR) is 76.4 cm³/mol. The molecule has 0 saturated heterocycles. The number of aromatic nitrogens is 3. The molecular formula is C15H13FN4O2. The zero-order chi connectivity index (χ0) is 15.5. The van der Waals surface area contributed by atoms with Gasteiger partial charge in [0.15, 0.2) is 5.82 Å². The highest BCUT2D eigenvalue weighted by molar-refractivity contribution is 5.94. The van der Waals surface area contributed by atoms with Crippen LogP contribution in [0.1, 0.15) is 21.9 Å². The number of nitrogens with zero attached hydrogens (tertiary/aromatic N) is 2. The van der Waals surface area contributed by atoms with Gasteiger partial charge in [-0.05, 0) is 37.3 Å². The highest BCUT2D eigenvalue weighted by Gasteiger charge is 2.12. The van der Waals surface area contributed by atoms with Gasteiger partial charge in [0.05, 0.1) is 18.4 Å². The molecule has 2 heterocycles. The quantitative estimate of drug-likeness (QED) is 0.775. The molecule has 0 spiro atoms. The third-order valence-electron chi connectivity index (χ3n) is 3.15. The van der Waals surface area contributed by atoms with Gasteiger partial charge in [-0.3, -0.25) is 9.89 Å². The van der Waals surface area contributed by atoms with Gasteiger partial charge in [-0.1, -0.05) is 0 Å². The molecule has 0 fully saturated rings. The minimum atomic E-state index is -0.317. The minimum absolute atomic E-state index is 0.206. The monoisotopic (exact) mass is 300 g/mol. The summed E-state index contributed by atoms with van der Waals surface area (Å²) in [7, 11) is 0. The molecule has 6 nitrogen and oxygen atoms in total. The van der Waals surface area contributed by atoms with Crippen molar-refractivity contribution in [3.05, 3.63) is 59.6 Å². The molecule has 0 aliphatic rings. The maximum atomic E-state index is 12.9. The van der Waals surface area contributed by atoms with E-state index in [1.807, 2.05) is 0 Å². The average molecular weight is 300 g/mol. The summed E-state index contributed by atoms with van der Waals surface area (Å²) in [6, 6.07) is 7.48. The summed E-state index contributed by atoms with van der Waals surface area (Å²) in [5.74, 6) is 0.952. The average Bonchev–Trinajstić information content (AvgIpc) is 3.14. The van der Waals surface area contributed by atoms with Crippen molar-refractivity contribution in [2.24, 2.45) is 0 Å². The van der Waals surface area contributed by atoms with Crippen LogP contribution in [0, 0.1) is 12.7 Å². The fourth-order valence-corrected chi connectivity index (χ4v) is 1.98. The van der Waals surface area contributed by atoms with Gasteiger partial charge in [0.1, 0.15) is 17.4 Å². The van der Waals surface area contributed by atoms with E-state index >= 15 is 0 Å². The lowest BCUT2D eigenvalue weighted by atomic mass is 10.2. The maximum Gasteiger partial charge on any atom is 0.255 e. The molecule has 0 aliphatic heterocycles. The van der Waals surface area contributed by atoms with E-state index < -0.39 is 0 Å². The lowest BCUT2D eigenvalue weighted by Gasteiger charge is -2.01. The van der Waals surface area contributed by atoms with E-state index in [0.29, 0.717) is 28.5 Å². The second kappa shape index (κ2) is 5.80. The molecule has 0 atom stereocenters. The van der Waals surface area contributed by atoms with E-state index in [2.05, 4.69) is 20.5 Å². The molecular weight excluding hydrogens is 287 g/mol. The van der Waals surface area contributed by atoms with Crippen LogP contribution in [0.15, 0.2) is 41.0 Å². The lowest BCUT2D eigenvalue weighted by Crippen LogP contribution is -2.23. The fourth-order valence-electron chi connectivity index (χ4n) is 1.98. The Morgan fingerprint density at radius 1 is 1.32 bits per heavy atom. The number of hydrogen-bond acceptors (Lipinski definition) is 4. The predicted octanol–water partition coefficient (Wildman–Crippen LogP) is 2.44. The Kier molecular flexibility index (Phi) is 3.69. The number of halogens is 1. The number of hydrogen-bond donors (Lipinski definition) is 2. The van der Waals surface area contributed by atoms with Crippen molar-refractivity contribution in [2.45, 2.75) is 13.5 Å². The molecule has 112 valence electrons. The van der Waals surface area contributed by atoms with E-state index in [1.165, 1.54) is 18.4 Å². The first-order valence-electron chi connectivity index (χ1n) is 6.63. The number of nitrogens with one attached hydrogen (secondary N) is 2. The Morgan fingerprint density at radius 3 is 2.77 bits per heavy atom. The summed E-state index contributed by atoms with van der Waals surface area (Å²) < 4.78 is 18.0. The molecule has 2 aromatic heterocycles. The second-order valence-corrected chi connectivity index (χ2v) is 4.69. The van der Waals surface area contributed by atoms with Crippen LogP contribution in [0.5, 0.6) is 0 Å². The van der Waals surface area contributed by atoms with Crippen molar-refractivity contribution in [3.63, 3.8) is 0 Å². The topological polar surface area (TPSA) is 83.8 Å². The van der Waals surface area contributed by atoms with Crippen molar-refractivity contribution < 1.29 is 13.6 Å². The smallest absolute Gasteiger partial charge is 0.255 e. The first kappa shape index (κ1) is 14.0.